The molecular formula is C19H39IN4O. The predicted molar refractivity (Wildman–Crippen MR) is 117 cm³/mol. The summed E-state index contributed by atoms with van der Waals surface area (Å²) in [5.41, 5.74) is 0. The van der Waals surface area contributed by atoms with Gasteiger partial charge < -0.3 is 15.4 Å². The molecule has 0 spiro atoms. The highest BCUT2D eigenvalue weighted by molar-refractivity contribution is 14.0. The monoisotopic (exact) mass is 466 g/mol. The summed E-state index contributed by atoms with van der Waals surface area (Å²) >= 11 is 0. The molecule has 2 fully saturated rings. The molecule has 3 unspecified atom stereocenters. The third-order valence-electron chi connectivity index (χ3n) is 5.13. The third kappa shape index (κ3) is 8.43. The Labute approximate surface area is 171 Å². The number of unbranched alkanes of at least 4 members (excludes halogenated alkanes) is 3. The minimum atomic E-state index is 0. The molecule has 2 heterocycles. The number of aliphatic imine (C=N–C) groups is 1. The van der Waals surface area contributed by atoms with E-state index < -0.39 is 0 Å². The zero-order chi connectivity index (χ0) is 17.2. The van der Waals surface area contributed by atoms with Crippen molar-refractivity contribution in [2.45, 2.75) is 83.9 Å². The average molecular weight is 466 g/mol. The van der Waals surface area contributed by atoms with Crippen LogP contribution in [0.25, 0.3) is 0 Å². The van der Waals surface area contributed by atoms with Crippen LogP contribution in [0.1, 0.15) is 65.7 Å². The highest BCUT2D eigenvalue weighted by Crippen LogP contribution is 2.22. The first-order valence-electron chi connectivity index (χ1n) is 10.1. The van der Waals surface area contributed by atoms with Crippen LogP contribution in [0.2, 0.25) is 0 Å². The molecule has 25 heavy (non-hydrogen) atoms. The molecule has 0 radical (unpaired) electrons. The number of hydrogen-bond donors (Lipinski definition) is 2. The van der Waals surface area contributed by atoms with Gasteiger partial charge in [-0.15, -0.1) is 24.0 Å². The van der Waals surface area contributed by atoms with Gasteiger partial charge in [0.25, 0.3) is 0 Å². The molecule has 0 bridgehead atoms. The Hall–Kier alpha value is -0.0800. The summed E-state index contributed by atoms with van der Waals surface area (Å²) in [6, 6.07) is 1.13. The topological polar surface area (TPSA) is 48.9 Å². The Morgan fingerprint density at radius 1 is 1.28 bits per heavy atom. The molecule has 148 valence electrons. The van der Waals surface area contributed by atoms with Crippen LogP contribution in [0, 0.1) is 0 Å². The number of fused-ring (bicyclic) bond motifs is 1. The Balaban J connectivity index is 0.00000312. The van der Waals surface area contributed by atoms with E-state index in [2.05, 4.69) is 36.3 Å². The van der Waals surface area contributed by atoms with Crippen molar-refractivity contribution >= 4 is 29.9 Å². The lowest BCUT2D eigenvalue weighted by molar-refractivity contribution is -0.0432. The van der Waals surface area contributed by atoms with Gasteiger partial charge in [-0.2, -0.15) is 0 Å². The number of guanidine groups is 1. The van der Waals surface area contributed by atoms with Crippen LogP contribution in [0.15, 0.2) is 4.99 Å². The molecule has 2 N–H and O–H groups in total. The summed E-state index contributed by atoms with van der Waals surface area (Å²) in [5.74, 6) is 0.938. The number of halogens is 1. The largest absolute Gasteiger partial charge is 0.373 e. The van der Waals surface area contributed by atoms with Crippen LogP contribution in [0.5, 0.6) is 0 Å². The lowest BCUT2D eigenvalue weighted by Gasteiger charge is -2.34. The quantitative estimate of drug-likeness (QED) is 0.237. The van der Waals surface area contributed by atoms with Gasteiger partial charge >= 0.3 is 0 Å². The van der Waals surface area contributed by atoms with Gasteiger partial charge in [0.05, 0.1) is 19.3 Å². The lowest BCUT2D eigenvalue weighted by Crippen LogP contribution is -2.48. The molecule has 2 saturated heterocycles. The van der Waals surface area contributed by atoms with Crippen molar-refractivity contribution in [1.29, 1.82) is 0 Å². The second-order valence-corrected chi connectivity index (χ2v) is 7.36. The fourth-order valence-electron chi connectivity index (χ4n) is 3.69. The predicted octanol–water partition coefficient (Wildman–Crippen LogP) is 3.38. The van der Waals surface area contributed by atoms with Crippen LogP contribution < -0.4 is 10.6 Å². The van der Waals surface area contributed by atoms with E-state index in [0.29, 0.717) is 12.1 Å². The highest BCUT2D eigenvalue weighted by Gasteiger charge is 2.31. The smallest absolute Gasteiger partial charge is 0.191 e. The summed E-state index contributed by atoms with van der Waals surface area (Å²) in [7, 11) is 0. The van der Waals surface area contributed by atoms with Crippen molar-refractivity contribution in [2.75, 3.05) is 32.8 Å². The van der Waals surface area contributed by atoms with Crippen LogP contribution in [0.3, 0.4) is 0 Å². The molecule has 2 rings (SSSR count). The molecule has 2 aliphatic heterocycles. The summed E-state index contributed by atoms with van der Waals surface area (Å²) in [5, 5.41) is 6.92. The van der Waals surface area contributed by atoms with Crippen molar-refractivity contribution in [3.05, 3.63) is 0 Å². The summed E-state index contributed by atoms with van der Waals surface area (Å²) in [6.45, 7) is 11.4. The molecule has 6 heteroatoms. The summed E-state index contributed by atoms with van der Waals surface area (Å²) in [4.78, 5) is 7.36. The molecular weight excluding hydrogens is 427 g/mol. The van der Waals surface area contributed by atoms with Gasteiger partial charge in [-0.05, 0) is 39.7 Å². The van der Waals surface area contributed by atoms with Gasteiger partial charge in [0, 0.05) is 25.2 Å². The second kappa shape index (κ2) is 13.1. The van der Waals surface area contributed by atoms with E-state index in [1.165, 1.54) is 51.5 Å². The minimum absolute atomic E-state index is 0. The molecule has 0 aromatic carbocycles. The van der Waals surface area contributed by atoms with E-state index in [1.807, 2.05) is 0 Å². The van der Waals surface area contributed by atoms with E-state index in [9.17, 15) is 0 Å². The Bertz CT molecular complexity index is 380. The van der Waals surface area contributed by atoms with Crippen molar-refractivity contribution in [3.63, 3.8) is 0 Å². The van der Waals surface area contributed by atoms with E-state index in [-0.39, 0.29) is 30.1 Å². The highest BCUT2D eigenvalue weighted by atomic mass is 127. The SMILES string of the molecule is CCCCCCC(C)NC(=NCC1CN2CCCC2CO1)NCC.I. The minimum Gasteiger partial charge on any atom is -0.373 e. The van der Waals surface area contributed by atoms with Crippen LogP contribution >= 0.6 is 24.0 Å². The molecule has 0 aliphatic carbocycles. The van der Waals surface area contributed by atoms with Gasteiger partial charge in [0.1, 0.15) is 0 Å². The van der Waals surface area contributed by atoms with Gasteiger partial charge in [-0.25, -0.2) is 0 Å². The molecule has 0 amide bonds. The lowest BCUT2D eigenvalue weighted by atomic mass is 10.1. The van der Waals surface area contributed by atoms with Gasteiger partial charge in [-0.3, -0.25) is 9.89 Å². The molecule has 0 aromatic heterocycles. The van der Waals surface area contributed by atoms with Gasteiger partial charge in [-0.1, -0.05) is 32.6 Å². The second-order valence-electron chi connectivity index (χ2n) is 7.36. The van der Waals surface area contributed by atoms with E-state index in [0.717, 1.165) is 32.2 Å². The molecule has 0 aromatic rings. The summed E-state index contributed by atoms with van der Waals surface area (Å²) < 4.78 is 6.01. The first-order valence-corrected chi connectivity index (χ1v) is 10.1. The van der Waals surface area contributed by atoms with Gasteiger partial charge in [0.2, 0.25) is 0 Å². The Kier molecular flexibility index (Phi) is 12.1. The van der Waals surface area contributed by atoms with E-state index in [4.69, 9.17) is 9.73 Å². The first-order chi connectivity index (χ1) is 11.7. The molecule has 2 aliphatic rings. The number of nitrogens with one attached hydrogen (secondary N) is 2. The van der Waals surface area contributed by atoms with Crippen LogP contribution in [-0.4, -0.2) is 61.8 Å². The van der Waals surface area contributed by atoms with E-state index >= 15 is 0 Å². The van der Waals surface area contributed by atoms with Crippen molar-refractivity contribution in [1.82, 2.24) is 15.5 Å². The third-order valence-corrected chi connectivity index (χ3v) is 5.13. The Morgan fingerprint density at radius 2 is 2.12 bits per heavy atom. The number of hydrogen-bond acceptors (Lipinski definition) is 3. The van der Waals surface area contributed by atoms with Crippen LogP contribution in [0.4, 0.5) is 0 Å². The zero-order valence-electron chi connectivity index (χ0n) is 16.4. The number of ether oxygens (including phenoxy) is 1. The zero-order valence-corrected chi connectivity index (χ0v) is 18.8. The van der Waals surface area contributed by atoms with Crippen molar-refractivity contribution < 1.29 is 4.74 Å². The average Bonchev–Trinajstić information content (AvgIpc) is 3.04. The molecule has 3 atom stereocenters. The van der Waals surface area contributed by atoms with Crippen molar-refractivity contribution in [2.24, 2.45) is 4.99 Å². The molecule has 0 saturated carbocycles. The maximum atomic E-state index is 6.01. The standard InChI is InChI=1S/C19H38N4O.HI/c1-4-6-7-8-10-16(3)22-19(20-5-2)21-13-18-14-23-12-9-11-17(23)15-24-18;/h16-18H,4-15H2,1-3H3,(H2,20,21,22);1H. The molecule has 5 nitrogen and oxygen atoms in total. The normalized spacial score (nSPS) is 25.2. The maximum absolute atomic E-state index is 6.01. The van der Waals surface area contributed by atoms with Gasteiger partial charge in [0.15, 0.2) is 5.96 Å². The van der Waals surface area contributed by atoms with Crippen molar-refractivity contribution in [3.8, 4) is 0 Å². The first kappa shape index (κ1) is 23.0. The Morgan fingerprint density at radius 3 is 2.88 bits per heavy atom. The summed E-state index contributed by atoms with van der Waals surface area (Å²) in [6.07, 6.45) is 9.35. The van der Waals surface area contributed by atoms with E-state index in [1.54, 1.807) is 0 Å². The number of morpholine rings is 1. The maximum Gasteiger partial charge on any atom is 0.191 e. The fraction of sp³-hybridized carbons (Fsp3) is 0.947. The number of nitrogens with zero attached hydrogens (tertiary/aromatic N) is 2. The van der Waals surface area contributed by atoms with Crippen LogP contribution in [-0.2, 0) is 4.74 Å². The fourth-order valence-corrected chi connectivity index (χ4v) is 3.69. The number of rotatable bonds is 9.